The number of nitrogens with one attached hydrogen (secondary N) is 1. The maximum atomic E-state index is 13.6. The molecule has 11 heteroatoms. The maximum absolute atomic E-state index is 13.6. The summed E-state index contributed by atoms with van der Waals surface area (Å²) in [5, 5.41) is 14.2. The van der Waals surface area contributed by atoms with Crippen LogP contribution in [0.1, 0.15) is 48.0 Å². The average molecular weight is 542 g/mol. The zero-order valence-electron chi connectivity index (χ0n) is 22.1. The Balaban J connectivity index is 1.55. The molecule has 2 fully saturated rings. The van der Waals surface area contributed by atoms with Crippen molar-refractivity contribution < 1.29 is 23.6 Å². The summed E-state index contributed by atoms with van der Waals surface area (Å²) < 4.78 is 18.9. The molecule has 1 saturated carbocycles. The molecular weight excluding hydrogens is 505 g/mol. The van der Waals surface area contributed by atoms with E-state index in [1.54, 1.807) is 24.1 Å². The number of likely N-dealkylation sites (tertiary alicyclic amines) is 1. The van der Waals surface area contributed by atoms with Crippen molar-refractivity contribution in [2.75, 3.05) is 26.8 Å². The van der Waals surface area contributed by atoms with E-state index < -0.39 is 16.8 Å². The molecule has 1 saturated heterocycles. The summed E-state index contributed by atoms with van der Waals surface area (Å²) in [5.74, 6) is -0.967. The van der Waals surface area contributed by atoms with Crippen LogP contribution in [0.15, 0.2) is 48.5 Å². The van der Waals surface area contributed by atoms with E-state index in [0.29, 0.717) is 38.2 Å². The Labute approximate surface area is 227 Å². The Kier molecular flexibility index (Phi) is 9.60. The van der Waals surface area contributed by atoms with E-state index in [2.05, 4.69) is 10.2 Å². The van der Waals surface area contributed by atoms with Crippen LogP contribution in [-0.2, 0) is 16.1 Å². The third kappa shape index (κ3) is 7.37. The van der Waals surface area contributed by atoms with Crippen LogP contribution in [0.25, 0.3) is 0 Å². The molecule has 0 spiro atoms. The molecule has 1 heterocycles. The molecule has 2 unspecified atom stereocenters. The van der Waals surface area contributed by atoms with E-state index in [1.165, 1.54) is 36.4 Å². The first kappa shape index (κ1) is 28.6. The summed E-state index contributed by atoms with van der Waals surface area (Å²) in [5.41, 5.74) is 7.23. The summed E-state index contributed by atoms with van der Waals surface area (Å²) in [6.45, 7) is 1.76. The molecule has 210 valence electrons. The van der Waals surface area contributed by atoms with Gasteiger partial charge in [0.15, 0.2) is 0 Å². The number of nitrogens with two attached hydrogens (primary N) is 1. The number of rotatable bonds is 10. The van der Waals surface area contributed by atoms with Crippen LogP contribution in [0.5, 0.6) is 0 Å². The first-order chi connectivity index (χ1) is 18.7. The van der Waals surface area contributed by atoms with Gasteiger partial charge in [-0.15, -0.1) is 0 Å². The van der Waals surface area contributed by atoms with Crippen molar-refractivity contribution in [1.29, 1.82) is 0 Å². The van der Waals surface area contributed by atoms with Gasteiger partial charge in [0.05, 0.1) is 11.5 Å². The molecule has 39 heavy (non-hydrogen) atoms. The molecule has 0 aromatic heterocycles. The zero-order chi connectivity index (χ0) is 27.9. The third-order valence-electron chi connectivity index (χ3n) is 7.68. The number of methoxy groups -OCH3 is 1. The highest BCUT2D eigenvalue weighted by Crippen LogP contribution is 2.27. The monoisotopic (exact) mass is 541 g/mol. The van der Waals surface area contributed by atoms with E-state index >= 15 is 0 Å². The number of nitro groups is 1. The number of hydrogen-bond acceptors (Lipinski definition) is 7. The van der Waals surface area contributed by atoms with Crippen LogP contribution in [-0.4, -0.2) is 77.5 Å². The highest BCUT2D eigenvalue weighted by atomic mass is 19.1. The van der Waals surface area contributed by atoms with Crippen LogP contribution in [0, 0.1) is 15.9 Å². The standard InChI is InChI=1S/C28H36FN5O5/c1-39-15-14-32(17-19-2-12-24(13-3-19)34(37)38)25-16-26(27(35)31-23-10-8-22(30)9-11-23)33(18-25)28(36)20-4-6-21(29)7-5-20/h2-7,12-13,22-23,25-26H,8-11,14-18,30H2,1H3,(H,31,35). The minimum atomic E-state index is -0.690. The number of amides is 2. The van der Waals surface area contributed by atoms with Crippen LogP contribution in [0.3, 0.4) is 0 Å². The van der Waals surface area contributed by atoms with Gasteiger partial charge in [0, 0.05) is 62.6 Å². The fourth-order valence-corrected chi connectivity index (χ4v) is 5.43. The third-order valence-corrected chi connectivity index (χ3v) is 7.68. The quantitative estimate of drug-likeness (QED) is 0.349. The van der Waals surface area contributed by atoms with Crippen molar-refractivity contribution >= 4 is 17.5 Å². The molecule has 10 nitrogen and oxygen atoms in total. The van der Waals surface area contributed by atoms with Crippen LogP contribution in [0.4, 0.5) is 10.1 Å². The Morgan fingerprint density at radius 2 is 1.79 bits per heavy atom. The lowest BCUT2D eigenvalue weighted by Crippen LogP contribution is -2.50. The number of non-ortho nitro benzene ring substituents is 1. The number of carbonyl (C=O) groups is 2. The topological polar surface area (TPSA) is 131 Å². The van der Waals surface area contributed by atoms with Gasteiger partial charge in [-0.1, -0.05) is 12.1 Å². The number of nitro benzene ring substituents is 1. The van der Waals surface area contributed by atoms with Crippen LogP contribution in [0.2, 0.25) is 0 Å². The van der Waals surface area contributed by atoms with Gasteiger partial charge in [-0.2, -0.15) is 0 Å². The van der Waals surface area contributed by atoms with Crippen molar-refractivity contribution in [3.8, 4) is 0 Å². The van der Waals surface area contributed by atoms with E-state index in [9.17, 15) is 24.1 Å². The molecule has 2 aromatic rings. The van der Waals surface area contributed by atoms with Crippen molar-refractivity contribution in [2.24, 2.45) is 5.73 Å². The second-order valence-corrected chi connectivity index (χ2v) is 10.4. The minimum absolute atomic E-state index is 0.0135. The van der Waals surface area contributed by atoms with Crippen LogP contribution < -0.4 is 11.1 Å². The van der Waals surface area contributed by atoms with Crippen molar-refractivity contribution in [1.82, 2.24) is 15.1 Å². The molecule has 0 bridgehead atoms. The second-order valence-electron chi connectivity index (χ2n) is 10.4. The smallest absolute Gasteiger partial charge is 0.269 e. The highest BCUT2D eigenvalue weighted by molar-refractivity contribution is 5.98. The van der Waals surface area contributed by atoms with Crippen molar-refractivity contribution in [3.63, 3.8) is 0 Å². The van der Waals surface area contributed by atoms with Gasteiger partial charge in [0.1, 0.15) is 11.9 Å². The summed E-state index contributed by atoms with van der Waals surface area (Å²) in [6.07, 6.45) is 3.71. The summed E-state index contributed by atoms with van der Waals surface area (Å²) >= 11 is 0. The number of ether oxygens (including phenoxy) is 1. The minimum Gasteiger partial charge on any atom is -0.383 e. The number of nitrogens with zero attached hydrogens (tertiary/aromatic N) is 3. The van der Waals surface area contributed by atoms with E-state index in [4.69, 9.17) is 10.5 Å². The van der Waals surface area contributed by atoms with Crippen molar-refractivity contribution in [3.05, 3.63) is 75.6 Å². The van der Waals surface area contributed by atoms with Crippen molar-refractivity contribution in [2.45, 2.75) is 62.8 Å². The molecule has 1 aliphatic carbocycles. The molecule has 2 aliphatic rings. The van der Waals surface area contributed by atoms with Gasteiger partial charge < -0.3 is 20.7 Å². The maximum Gasteiger partial charge on any atom is 0.269 e. The molecule has 2 atom stereocenters. The number of carbonyl (C=O) groups excluding carboxylic acids is 2. The Hall–Kier alpha value is -3.41. The summed E-state index contributed by atoms with van der Waals surface area (Å²) in [6, 6.07) is 11.0. The largest absolute Gasteiger partial charge is 0.383 e. The van der Waals surface area contributed by atoms with E-state index in [1.807, 2.05) is 0 Å². The molecular formula is C28H36FN5O5. The lowest BCUT2D eigenvalue weighted by atomic mass is 9.91. The second kappa shape index (κ2) is 13.1. The molecule has 4 rings (SSSR count). The van der Waals surface area contributed by atoms with Gasteiger partial charge in [0.25, 0.3) is 11.6 Å². The fraction of sp³-hybridized carbons (Fsp3) is 0.500. The molecule has 1 aliphatic heterocycles. The number of benzene rings is 2. The van der Waals surface area contributed by atoms with Gasteiger partial charge >= 0.3 is 0 Å². The normalized spacial score (nSPS) is 23.1. The van der Waals surface area contributed by atoms with Gasteiger partial charge in [0.2, 0.25) is 5.91 Å². The first-order valence-electron chi connectivity index (χ1n) is 13.3. The lowest BCUT2D eigenvalue weighted by Gasteiger charge is -2.30. The van der Waals surface area contributed by atoms with E-state index in [0.717, 1.165) is 31.2 Å². The van der Waals surface area contributed by atoms with Gasteiger partial charge in [-0.05, 0) is 61.9 Å². The van der Waals surface area contributed by atoms with Gasteiger partial charge in [-0.3, -0.25) is 24.6 Å². The fourth-order valence-electron chi connectivity index (χ4n) is 5.43. The summed E-state index contributed by atoms with van der Waals surface area (Å²) in [7, 11) is 1.61. The lowest BCUT2D eigenvalue weighted by molar-refractivity contribution is -0.384. The van der Waals surface area contributed by atoms with E-state index in [-0.39, 0.29) is 35.6 Å². The molecule has 2 aromatic carbocycles. The number of hydrogen-bond donors (Lipinski definition) is 2. The predicted molar refractivity (Wildman–Crippen MR) is 143 cm³/mol. The van der Waals surface area contributed by atoms with Gasteiger partial charge in [-0.25, -0.2) is 4.39 Å². The predicted octanol–water partition coefficient (Wildman–Crippen LogP) is 2.85. The molecule has 3 N–H and O–H groups in total. The number of halogens is 1. The van der Waals surface area contributed by atoms with Crippen LogP contribution >= 0.6 is 0 Å². The summed E-state index contributed by atoms with van der Waals surface area (Å²) in [4.78, 5) is 41.4. The SMILES string of the molecule is COCCN(Cc1ccc([N+](=O)[O-])cc1)C1CC(C(=O)NC2CCC(N)CC2)N(C(=O)c2ccc(F)cc2)C1. The molecule has 2 amide bonds. The Morgan fingerprint density at radius 3 is 2.41 bits per heavy atom. The first-order valence-corrected chi connectivity index (χ1v) is 13.3. The zero-order valence-corrected chi connectivity index (χ0v) is 22.1. The highest BCUT2D eigenvalue weighted by Gasteiger charge is 2.42. The average Bonchev–Trinajstić information content (AvgIpc) is 3.38. The molecule has 0 radical (unpaired) electrons. The Morgan fingerprint density at radius 1 is 1.13 bits per heavy atom. The Bertz CT molecular complexity index is 1140.